The zero-order chi connectivity index (χ0) is 7.82. The number of allylic oxidation sites excluding steroid dienone is 6. The van der Waals surface area contributed by atoms with E-state index in [0.29, 0.717) is 0 Å². The van der Waals surface area contributed by atoms with Gasteiger partial charge in [0.2, 0.25) is 0 Å². The third-order valence-electron chi connectivity index (χ3n) is 1.14. The Morgan fingerprint density at radius 1 is 1.40 bits per heavy atom. The highest BCUT2D eigenvalue weighted by Crippen LogP contribution is 2.02. The minimum absolute atomic E-state index is 0.897. The van der Waals surface area contributed by atoms with E-state index in [1.165, 1.54) is 5.57 Å². The summed E-state index contributed by atoms with van der Waals surface area (Å²) in [6.45, 7) is 9.32. The van der Waals surface area contributed by atoms with Gasteiger partial charge in [-0.1, -0.05) is 37.0 Å². The van der Waals surface area contributed by atoms with E-state index in [-0.39, 0.29) is 0 Å². The molecule has 0 saturated heterocycles. The maximum absolute atomic E-state index is 3.68. The molecule has 0 amide bonds. The molecule has 54 valence electrons. The zero-order valence-electron chi connectivity index (χ0n) is 6.51. The summed E-state index contributed by atoms with van der Waals surface area (Å²) in [4.78, 5) is 0. The van der Waals surface area contributed by atoms with Gasteiger partial charge in [-0.15, -0.1) is 6.58 Å². The quantitative estimate of drug-likeness (QED) is 0.409. The van der Waals surface area contributed by atoms with Crippen molar-refractivity contribution >= 4 is 0 Å². The van der Waals surface area contributed by atoms with Gasteiger partial charge in [0.15, 0.2) is 0 Å². The summed E-state index contributed by atoms with van der Waals surface area (Å²) < 4.78 is 0. The van der Waals surface area contributed by atoms with E-state index >= 15 is 0 Å². The fraction of sp³-hybridized carbons (Fsp3) is 0.200. The van der Waals surface area contributed by atoms with Gasteiger partial charge in [0.25, 0.3) is 0 Å². The predicted molar refractivity (Wildman–Crippen MR) is 47.9 cm³/mol. The first kappa shape index (κ1) is 8.96. The highest BCUT2D eigenvalue weighted by molar-refractivity contribution is 5.23. The van der Waals surface area contributed by atoms with Crippen molar-refractivity contribution < 1.29 is 0 Å². The van der Waals surface area contributed by atoms with Crippen LogP contribution in [0.5, 0.6) is 0 Å². The molecular formula is C10H14. The van der Waals surface area contributed by atoms with Crippen LogP contribution in [0.1, 0.15) is 13.3 Å². The van der Waals surface area contributed by atoms with Gasteiger partial charge in [-0.25, -0.2) is 0 Å². The number of rotatable bonds is 4. The lowest BCUT2D eigenvalue weighted by atomic mass is 10.2. The molecule has 0 aromatic heterocycles. The molecule has 0 unspecified atom stereocenters. The molecule has 0 nitrogen and oxygen atoms in total. The van der Waals surface area contributed by atoms with E-state index in [2.05, 4.69) is 13.2 Å². The SMILES string of the molecule is C=CC/C(C=C)=C/C=C\C. The van der Waals surface area contributed by atoms with Gasteiger partial charge in [0.05, 0.1) is 0 Å². The van der Waals surface area contributed by atoms with E-state index in [4.69, 9.17) is 0 Å². The molecule has 0 aromatic carbocycles. The number of hydrogen-bond donors (Lipinski definition) is 0. The molecule has 0 aliphatic rings. The Bertz CT molecular complexity index is 159. The maximum Gasteiger partial charge on any atom is -0.0100 e. The third-order valence-corrected chi connectivity index (χ3v) is 1.14. The maximum atomic E-state index is 3.68. The van der Waals surface area contributed by atoms with Crippen molar-refractivity contribution in [2.24, 2.45) is 0 Å². The van der Waals surface area contributed by atoms with Gasteiger partial charge >= 0.3 is 0 Å². The molecule has 0 aromatic rings. The summed E-state index contributed by atoms with van der Waals surface area (Å²) in [7, 11) is 0. The molecule has 0 spiro atoms. The highest BCUT2D eigenvalue weighted by atomic mass is 13.9. The van der Waals surface area contributed by atoms with Crippen molar-refractivity contribution in [2.75, 3.05) is 0 Å². The van der Waals surface area contributed by atoms with Gasteiger partial charge in [-0.05, 0) is 18.9 Å². The summed E-state index contributed by atoms with van der Waals surface area (Å²) in [5.74, 6) is 0. The molecule has 0 saturated carbocycles. The highest BCUT2D eigenvalue weighted by Gasteiger charge is 1.82. The van der Waals surface area contributed by atoms with Gasteiger partial charge in [0.1, 0.15) is 0 Å². The topological polar surface area (TPSA) is 0 Å². The Morgan fingerprint density at radius 2 is 2.10 bits per heavy atom. The van der Waals surface area contributed by atoms with E-state index in [0.717, 1.165) is 6.42 Å². The van der Waals surface area contributed by atoms with E-state index in [9.17, 15) is 0 Å². The summed E-state index contributed by atoms with van der Waals surface area (Å²) >= 11 is 0. The first-order chi connectivity index (χ1) is 4.85. The minimum atomic E-state index is 0.897. The van der Waals surface area contributed by atoms with Crippen LogP contribution in [-0.4, -0.2) is 0 Å². The molecule has 0 aliphatic heterocycles. The van der Waals surface area contributed by atoms with Crippen molar-refractivity contribution in [2.45, 2.75) is 13.3 Å². The molecule has 0 atom stereocenters. The summed E-state index contributed by atoms with van der Waals surface area (Å²) in [6.07, 6.45) is 10.6. The second-order valence-electron chi connectivity index (χ2n) is 1.96. The van der Waals surface area contributed by atoms with Crippen molar-refractivity contribution in [1.82, 2.24) is 0 Å². The Hall–Kier alpha value is -1.04. The van der Waals surface area contributed by atoms with Gasteiger partial charge < -0.3 is 0 Å². The fourth-order valence-electron chi connectivity index (χ4n) is 0.606. The second-order valence-corrected chi connectivity index (χ2v) is 1.96. The van der Waals surface area contributed by atoms with E-state index < -0.39 is 0 Å². The molecule has 10 heavy (non-hydrogen) atoms. The van der Waals surface area contributed by atoms with Crippen molar-refractivity contribution in [3.63, 3.8) is 0 Å². The fourth-order valence-corrected chi connectivity index (χ4v) is 0.606. The first-order valence-electron chi connectivity index (χ1n) is 3.40. The van der Waals surface area contributed by atoms with Crippen LogP contribution < -0.4 is 0 Å². The predicted octanol–water partition coefficient (Wildman–Crippen LogP) is 3.25. The average Bonchev–Trinajstić information content (AvgIpc) is 1.98. The largest absolute Gasteiger partial charge is 0.103 e. The normalized spacial score (nSPS) is 11.9. The molecule has 0 N–H and O–H groups in total. The van der Waals surface area contributed by atoms with Crippen LogP contribution in [0.2, 0.25) is 0 Å². The lowest BCUT2D eigenvalue weighted by Gasteiger charge is -1.91. The summed E-state index contributed by atoms with van der Waals surface area (Å²) in [6, 6.07) is 0. The molecule has 0 fully saturated rings. The van der Waals surface area contributed by atoms with Crippen molar-refractivity contribution in [3.05, 3.63) is 49.1 Å². The van der Waals surface area contributed by atoms with Gasteiger partial charge in [-0.3, -0.25) is 0 Å². The lowest BCUT2D eigenvalue weighted by Crippen LogP contribution is -1.71. The van der Waals surface area contributed by atoms with Crippen LogP contribution >= 0.6 is 0 Å². The van der Waals surface area contributed by atoms with Crippen LogP contribution in [0, 0.1) is 0 Å². The van der Waals surface area contributed by atoms with Crippen molar-refractivity contribution in [1.29, 1.82) is 0 Å². The lowest BCUT2D eigenvalue weighted by molar-refractivity contribution is 1.30. The van der Waals surface area contributed by atoms with Crippen LogP contribution in [0.15, 0.2) is 49.1 Å². The van der Waals surface area contributed by atoms with Gasteiger partial charge in [0, 0.05) is 0 Å². The van der Waals surface area contributed by atoms with Crippen LogP contribution in [0.25, 0.3) is 0 Å². The zero-order valence-corrected chi connectivity index (χ0v) is 6.51. The Morgan fingerprint density at radius 3 is 2.50 bits per heavy atom. The molecule has 0 heterocycles. The van der Waals surface area contributed by atoms with E-state index in [1.54, 1.807) is 0 Å². The Labute approximate surface area is 63.3 Å². The standard InChI is InChI=1S/C10H14/c1-4-7-9-10(6-3)8-5-2/h4-7,9H,2-3,8H2,1H3/b7-4-,10-9+. The monoisotopic (exact) mass is 134 g/mol. The smallest absolute Gasteiger partial charge is 0.0100 e. The molecule has 0 radical (unpaired) electrons. The summed E-state index contributed by atoms with van der Waals surface area (Å²) in [5, 5.41) is 0. The van der Waals surface area contributed by atoms with Crippen LogP contribution in [-0.2, 0) is 0 Å². The molecule has 0 heteroatoms. The number of hydrogen-bond acceptors (Lipinski definition) is 0. The second kappa shape index (κ2) is 6.09. The third kappa shape index (κ3) is 3.90. The minimum Gasteiger partial charge on any atom is -0.103 e. The molecule has 0 aliphatic carbocycles. The molecule has 0 bridgehead atoms. The Kier molecular flexibility index (Phi) is 5.45. The first-order valence-corrected chi connectivity index (χ1v) is 3.40. The van der Waals surface area contributed by atoms with Crippen LogP contribution in [0.3, 0.4) is 0 Å². The molecule has 0 rings (SSSR count). The van der Waals surface area contributed by atoms with E-state index in [1.807, 2.05) is 37.3 Å². The summed E-state index contributed by atoms with van der Waals surface area (Å²) in [5.41, 5.74) is 1.20. The average molecular weight is 134 g/mol. The Balaban J connectivity index is 4.02. The van der Waals surface area contributed by atoms with Crippen molar-refractivity contribution in [3.8, 4) is 0 Å². The van der Waals surface area contributed by atoms with Gasteiger partial charge in [-0.2, -0.15) is 0 Å². The molecular weight excluding hydrogens is 120 g/mol. The van der Waals surface area contributed by atoms with Crippen LogP contribution in [0.4, 0.5) is 0 Å².